The first-order valence-electron chi connectivity index (χ1n) is 5.36. The Bertz CT molecular complexity index is 262. The van der Waals surface area contributed by atoms with Crippen LogP contribution in [0.2, 0.25) is 0 Å². The van der Waals surface area contributed by atoms with E-state index in [0.717, 1.165) is 6.42 Å². The van der Waals surface area contributed by atoms with Crippen LogP contribution in [0.4, 0.5) is 0 Å². The van der Waals surface area contributed by atoms with Gasteiger partial charge in [0.2, 0.25) is 0 Å². The molecule has 2 rings (SSSR count). The average Bonchev–Trinajstić information content (AvgIpc) is 2.58. The van der Waals surface area contributed by atoms with Gasteiger partial charge in [0, 0.05) is 12.1 Å². The number of halogens is 1. The summed E-state index contributed by atoms with van der Waals surface area (Å²) in [6, 6.07) is 0.572. The first kappa shape index (κ1) is 11.2. The van der Waals surface area contributed by atoms with Gasteiger partial charge in [0.25, 0.3) is 0 Å². The molecule has 2 aliphatic rings. The highest BCUT2D eigenvalue weighted by Crippen LogP contribution is 2.32. The Labute approximate surface area is 94.7 Å². The minimum absolute atomic E-state index is 0.00491. The van der Waals surface area contributed by atoms with Gasteiger partial charge < -0.3 is 4.74 Å². The summed E-state index contributed by atoms with van der Waals surface area (Å²) in [7, 11) is 1.43. The molecule has 1 saturated heterocycles. The molecule has 0 aromatic rings. The van der Waals surface area contributed by atoms with Gasteiger partial charge in [-0.15, -0.1) is 11.6 Å². The molecule has 2 N–H and O–H groups in total. The minimum Gasteiger partial charge on any atom is -0.469 e. The highest BCUT2D eigenvalue weighted by molar-refractivity contribution is 6.21. The van der Waals surface area contributed by atoms with Crippen LogP contribution in [0.5, 0.6) is 0 Å². The van der Waals surface area contributed by atoms with E-state index in [1.165, 1.54) is 7.11 Å². The quantitative estimate of drug-likeness (QED) is 0.509. The zero-order valence-electron chi connectivity index (χ0n) is 9.00. The molecule has 4 nitrogen and oxygen atoms in total. The summed E-state index contributed by atoms with van der Waals surface area (Å²) in [5.74, 6) is -0.196. The smallest absolute Gasteiger partial charge is 0.308 e. The second-order valence-electron chi connectivity index (χ2n) is 4.39. The van der Waals surface area contributed by atoms with Gasteiger partial charge in [-0.3, -0.25) is 15.4 Å². The summed E-state index contributed by atoms with van der Waals surface area (Å²) >= 11 is 6.27. The van der Waals surface area contributed by atoms with Crippen molar-refractivity contribution in [1.82, 2.24) is 10.6 Å². The second kappa shape index (κ2) is 4.28. The summed E-state index contributed by atoms with van der Waals surface area (Å²) in [6.45, 7) is 2.06. The van der Waals surface area contributed by atoms with E-state index < -0.39 is 0 Å². The Hall–Kier alpha value is -0.320. The van der Waals surface area contributed by atoms with Crippen LogP contribution in [0.3, 0.4) is 0 Å². The van der Waals surface area contributed by atoms with Crippen molar-refractivity contribution in [1.29, 1.82) is 0 Å². The zero-order chi connectivity index (χ0) is 11.0. The molecule has 1 aliphatic heterocycles. The van der Waals surface area contributed by atoms with Gasteiger partial charge in [-0.1, -0.05) is 0 Å². The van der Waals surface area contributed by atoms with E-state index in [9.17, 15) is 4.79 Å². The number of hydrogen-bond donors (Lipinski definition) is 2. The third-order valence-corrected chi connectivity index (χ3v) is 3.76. The highest BCUT2D eigenvalue weighted by Gasteiger charge is 2.43. The van der Waals surface area contributed by atoms with Gasteiger partial charge in [-0.05, 0) is 19.8 Å². The summed E-state index contributed by atoms with van der Waals surface area (Å²) in [4.78, 5) is 11.5. The van der Waals surface area contributed by atoms with Crippen LogP contribution in [-0.4, -0.2) is 36.7 Å². The summed E-state index contributed by atoms with van der Waals surface area (Å²) in [5, 5.41) is 6.78. The van der Waals surface area contributed by atoms with E-state index in [-0.39, 0.29) is 29.5 Å². The van der Waals surface area contributed by atoms with Crippen LogP contribution in [0.15, 0.2) is 0 Å². The maximum atomic E-state index is 11.5. The SMILES string of the molecule is COC(=O)C1CC(Cl)C2NC(C)NC2C1. The fourth-order valence-corrected chi connectivity index (χ4v) is 3.09. The molecule has 0 amide bonds. The number of esters is 1. The number of carbonyl (C=O) groups excluding carboxylic acids is 1. The predicted molar refractivity (Wildman–Crippen MR) is 57.7 cm³/mol. The normalized spacial score (nSPS) is 44.9. The van der Waals surface area contributed by atoms with Crippen molar-refractivity contribution in [3.8, 4) is 0 Å². The number of carbonyl (C=O) groups is 1. The van der Waals surface area contributed by atoms with E-state index in [1.54, 1.807) is 0 Å². The maximum absolute atomic E-state index is 11.5. The van der Waals surface area contributed by atoms with Crippen molar-refractivity contribution < 1.29 is 9.53 Å². The van der Waals surface area contributed by atoms with Crippen molar-refractivity contribution >= 4 is 17.6 Å². The Morgan fingerprint density at radius 3 is 2.80 bits per heavy atom. The Morgan fingerprint density at radius 1 is 1.40 bits per heavy atom. The molecule has 5 heteroatoms. The number of fused-ring (bicyclic) bond motifs is 1. The first-order chi connectivity index (χ1) is 7.11. The fraction of sp³-hybridized carbons (Fsp3) is 0.900. The van der Waals surface area contributed by atoms with Crippen LogP contribution in [0, 0.1) is 5.92 Å². The van der Waals surface area contributed by atoms with Crippen LogP contribution < -0.4 is 10.6 Å². The maximum Gasteiger partial charge on any atom is 0.308 e. The van der Waals surface area contributed by atoms with E-state index in [1.807, 2.05) is 0 Å². The number of nitrogens with one attached hydrogen (secondary N) is 2. The van der Waals surface area contributed by atoms with Crippen molar-refractivity contribution in [2.24, 2.45) is 5.92 Å². The van der Waals surface area contributed by atoms with Gasteiger partial charge in [0.05, 0.1) is 24.6 Å². The number of hydrogen-bond acceptors (Lipinski definition) is 4. The monoisotopic (exact) mass is 232 g/mol. The molecule has 0 radical (unpaired) electrons. The van der Waals surface area contributed by atoms with Crippen LogP contribution in [0.25, 0.3) is 0 Å². The highest BCUT2D eigenvalue weighted by atomic mass is 35.5. The van der Waals surface area contributed by atoms with Gasteiger partial charge in [0.15, 0.2) is 0 Å². The number of methoxy groups -OCH3 is 1. The molecule has 0 aromatic carbocycles. The second-order valence-corrected chi connectivity index (χ2v) is 4.96. The Kier molecular flexibility index (Phi) is 3.19. The minimum atomic E-state index is -0.138. The van der Waals surface area contributed by atoms with Gasteiger partial charge in [-0.2, -0.15) is 0 Å². The molecule has 0 aromatic heterocycles. The predicted octanol–water partition coefficient (Wildman–Crippen LogP) is 0.453. The fourth-order valence-electron chi connectivity index (χ4n) is 2.63. The molecule has 1 heterocycles. The molecule has 1 saturated carbocycles. The molecular formula is C10H17ClN2O2. The lowest BCUT2D eigenvalue weighted by molar-refractivity contribution is -0.146. The molecule has 2 fully saturated rings. The lowest BCUT2D eigenvalue weighted by Gasteiger charge is -2.33. The van der Waals surface area contributed by atoms with Gasteiger partial charge in [-0.25, -0.2) is 0 Å². The van der Waals surface area contributed by atoms with Crippen molar-refractivity contribution in [3.05, 3.63) is 0 Å². The first-order valence-corrected chi connectivity index (χ1v) is 5.79. The van der Waals surface area contributed by atoms with E-state index >= 15 is 0 Å². The van der Waals surface area contributed by atoms with Crippen molar-refractivity contribution in [2.45, 2.75) is 43.4 Å². The molecule has 15 heavy (non-hydrogen) atoms. The lowest BCUT2D eigenvalue weighted by Crippen LogP contribution is -2.48. The molecule has 86 valence electrons. The van der Waals surface area contributed by atoms with E-state index in [2.05, 4.69) is 17.6 Å². The average molecular weight is 233 g/mol. The summed E-state index contributed by atoms with van der Waals surface area (Å²) in [5.41, 5.74) is 0. The van der Waals surface area contributed by atoms with Crippen molar-refractivity contribution in [3.63, 3.8) is 0 Å². The molecule has 0 bridgehead atoms. The molecule has 5 unspecified atom stereocenters. The number of ether oxygens (including phenoxy) is 1. The summed E-state index contributed by atoms with van der Waals surface area (Å²) < 4.78 is 4.77. The largest absolute Gasteiger partial charge is 0.469 e. The molecule has 1 aliphatic carbocycles. The van der Waals surface area contributed by atoms with Crippen LogP contribution in [0.1, 0.15) is 19.8 Å². The van der Waals surface area contributed by atoms with Crippen molar-refractivity contribution in [2.75, 3.05) is 7.11 Å². The standard InChI is InChI=1S/C10H17ClN2O2/c1-5-12-8-4-6(10(14)15-2)3-7(11)9(8)13-5/h5-9,12-13H,3-4H2,1-2H3. The molecular weight excluding hydrogens is 216 g/mol. The van der Waals surface area contributed by atoms with Crippen LogP contribution >= 0.6 is 11.6 Å². The zero-order valence-corrected chi connectivity index (χ0v) is 9.75. The van der Waals surface area contributed by atoms with Gasteiger partial charge in [0.1, 0.15) is 0 Å². The lowest BCUT2D eigenvalue weighted by atomic mass is 9.83. The topological polar surface area (TPSA) is 50.4 Å². The third kappa shape index (κ3) is 2.12. The van der Waals surface area contributed by atoms with E-state index in [4.69, 9.17) is 16.3 Å². The molecule has 0 spiro atoms. The Morgan fingerprint density at radius 2 is 2.13 bits per heavy atom. The third-order valence-electron chi connectivity index (χ3n) is 3.31. The molecule has 5 atom stereocenters. The number of rotatable bonds is 1. The van der Waals surface area contributed by atoms with E-state index in [0.29, 0.717) is 12.5 Å². The number of alkyl halides is 1. The van der Waals surface area contributed by atoms with Crippen LogP contribution in [-0.2, 0) is 9.53 Å². The van der Waals surface area contributed by atoms with Gasteiger partial charge >= 0.3 is 5.97 Å². The summed E-state index contributed by atoms with van der Waals surface area (Å²) in [6.07, 6.45) is 1.80. The Balaban J connectivity index is 2.03.